The van der Waals surface area contributed by atoms with Crippen LogP contribution in [-0.4, -0.2) is 50.3 Å². The van der Waals surface area contributed by atoms with Crippen molar-refractivity contribution in [1.82, 2.24) is 9.97 Å². The maximum atomic E-state index is 13.8. The van der Waals surface area contributed by atoms with Gasteiger partial charge >= 0.3 is 6.09 Å². The number of aromatic nitrogens is 2. The highest BCUT2D eigenvalue weighted by Gasteiger charge is 2.40. The van der Waals surface area contributed by atoms with E-state index in [1.54, 1.807) is 74.5 Å². The van der Waals surface area contributed by atoms with Crippen molar-refractivity contribution in [3.05, 3.63) is 109 Å². The number of sulfone groups is 1. The predicted octanol–water partition coefficient (Wildman–Crippen LogP) is 5.99. The van der Waals surface area contributed by atoms with Crippen molar-refractivity contribution >= 4 is 27.4 Å². The Balaban J connectivity index is 1.51. The smallest absolute Gasteiger partial charge is 0.410 e. The van der Waals surface area contributed by atoms with E-state index in [0.29, 0.717) is 48.4 Å². The molecule has 0 radical (unpaired) electrons. The fourth-order valence-corrected chi connectivity index (χ4v) is 6.07. The number of hydrogen-bond acceptors (Lipinski definition) is 8. The van der Waals surface area contributed by atoms with Crippen LogP contribution in [0, 0.1) is 5.82 Å². The maximum Gasteiger partial charge on any atom is 0.417 e. The molecular formula is C32H31FN4O5S. The van der Waals surface area contributed by atoms with Gasteiger partial charge in [-0.05, 0) is 74.5 Å². The molecule has 1 N–H and O–H groups in total. The minimum Gasteiger partial charge on any atom is -0.410 e. The molecule has 1 amide bonds. The molecule has 222 valence electrons. The Kier molecular flexibility index (Phi) is 8.56. The largest absolute Gasteiger partial charge is 0.417 e. The summed E-state index contributed by atoms with van der Waals surface area (Å²) in [6, 6.07) is 21.7. The zero-order chi connectivity index (χ0) is 30.6. The van der Waals surface area contributed by atoms with Crippen LogP contribution in [0.3, 0.4) is 0 Å². The summed E-state index contributed by atoms with van der Waals surface area (Å²) in [6.45, 7) is 8.45. The first kappa shape index (κ1) is 29.9. The molecule has 5 rings (SSSR count). The van der Waals surface area contributed by atoms with Crippen molar-refractivity contribution in [2.75, 3.05) is 30.0 Å². The minimum absolute atomic E-state index is 0.0197. The van der Waals surface area contributed by atoms with Gasteiger partial charge in [-0.3, -0.25) is 5.32 Å². The lowest BCUT2D eigenvalue weighted by Gasteiger charge is -2.35. The fourth-order valence-electron chi connectivity index (χ4n) is 4.61. The molecule has 1 aliphatic heterocycles. The van der Waals surface area contributed by atoms with Crippen LogP contribution < -0.4 is 15.0 Å². The number of hydrogen-bond donors (Lipinski definition) is 1. The van der Waals surface area contributed by atoms with E-state index in [4.69, 9.17) is 19.4 Å². The number of carbonyl (C=O) groups excluding carboxylic acids is 1. The summed E-state index contributed by atoms with van der Waals surface area (Å²) in [7, 11) is -4.00. The summed E-state index contributed by atoms with van der Waals surface area (Å²) in [4.78, 5) is 23.8. The molecule has 0 aliphatic carbocycles. The van der Waals surface area contributed by atoms with Crippen LogP contribution >= 0.6 is 0 Å². The predicted molar refractivity (Wildman–Crippen MR) is 162 cm³/mol. The van der Waals surface area contributed by atoms with Crippen molar-refractivity contribution in [3.8, 4) is 17.1 Å². The van der Waals surface area contributed by atoms with Crippen molar-refractivity contribution in [1.29, 1.82) is 0 Å². The van der Waals surface area contributed by atoms with Crippen LogP contribution in [0.5, 0.6) is 5.75 Å². The Morgan fingerprint density at radius 1 is 1.07 bits per heavy atom. The van der Waals surface area contributed by atoms with E-state index in [1.165, 1.54) is 12.1 Å². The van der Waals surface area contributed by atoms with E-state index in [1.807, 2.05) is 11.0 Å². The second-order valence-corrected chi connectivity index (χ2v) is 12.9. The van der Waals surface area contributed by atoms with Crippen LogP contribution in [0.2, 0.25) is 0 Å². The molecule has 0 bridgehead atoms. The maximum absolute atomic E-state index is 13.8. The lowest BCUT2D eigenvalue weighted by atomic mass is 10.1. The molecule has 0 unspecified atom stereocenters. The van der Waals surface area contributed by atoms with Crippen LogP contribution in [0.1, 0.15) is 19.5 Å². The zero-order valence-corrected chi connectivity index (χ0v) is 24.6. The number of para-hydroxylation sites is 1. The average molecular weight is 603 g/mol. The molecule has 3 aromatic carbocycles. The molecule has 0 spiro atoms. The molecule has 43 heavy (non-hydrogen) atoms. The standard InChI is InChI=1S/C32H31FN4O5S/c1-4-25-21-41-19-18-37(25)29-20-28(32(2,3)43(39,40)27-16-12-23(33)13-17-27)35-30(36-29)22-10-14-24(15-11-22)34-31(38)42-26-8-6-5-7-9-26/h4-17,20,25H,1,18-19,21H2,2-3H3,(H,34,38)/t25-/m0/s1. The summed E-state index contributed by atoms with van der Waals surface area (Å²) in [5.74, 6) is 0.692. The molecule has 1 atom stereocenters. The number of benzene rings is 3. The highest BCUT2D eigenvalue weighted by atomic mass is 32.2. The first-order chi connectivity index (χ1) is 20.6. The van der Waals surface area contributed by atoms with Crippen molar-refractivity contribution in [2.45, 2.75) is 29.5 Å². The second-order valence-electron chi connectivity index (χ2n) is 10.4. The number of nitrogens with zero attached hydrogens (tertiary/aromatic N) is 3. The van der Waals surface area contributed by atoms with E-state index in [-0.39, 0.29) is 16.6 Å². The van der Waals surface area contributed by atoms with E-state index in [2.05, 4.69) is 11.9 Å². The molecule has 9 nitrogen and oxygen atoms in total. The monoisotopic (exact) mass is 602 g/mol. The highest BCUT2D eigenvalue weighted by Crippen LogP contribution is 2.37. The number of anilines is 2. The van der Waals surface area contributed by atoms with Gasteiger partial charge in [0, 0.05) is 23.9 Å². The summed E-state index contributed by atoms with van der Waals surface area (Å²) in [6.07, 6.45) is 1.12. The number of halogens is 1. The quantitative estimate of drug-likeness (QED) is 0.193. The normalized spacial score (nSPS) is 15.5. The Hall–Kier alpha value is -4.61. The first-order valence-corrected chi connectivity index (χ1v) is 15.1. The highest BCUT2D eigenvalue weighted by molar-refractivity contribution is 7.92. The summed E-state index contributed by atoms with van der Waals surface area (Å²) < 4.78 is 50.6. The molecular weight excluding hydrogens is 571 g/mol. The van der Waals surface area contributed by atoms with Gasteiger partial charge in [-0.15, -0.1) is 6.58 Å². The topological polar surface area (TPSA) is 111 Å². The summed E-state index contributed by atoms with van der Waals surface area (Å²) >= 11 is 0. The third-order valence-electron chi connectivity index (χ3n) is 7.20. The van der Waals surface area contributed by atoms with E-state index >= 15 is 0 Å². The third-order valence-corrected chi connectivity index (χ3v) is 9.65. The zero-order valence-electron chi connectivity index (χ0n) is 23.7. The first-order valence-electron chi connectivity index (χ1n) is 13.6. The van der Waals surface area contributed by atoms with Gasteiger partial charge in [0.25, 0.3) is 0 Å². The van der Waals surface area contributed by atoms with Gasteiger partial charge < -0.3 is 14.4 Å². The average Bonchev–Trinajstić information content (AvgIpc) is 3.01. The lowest BCUT2D eigenvalue weighted by molar-refractivity contribution is 0.105. The van der Waals surface area contributed by atoms with Gasteiger partial charge in [-0.2, -0.15) is 0 Å². The molecule has 1 aromatic heterocycles. The number of ether oxygens (including phenoxy) is 2. The van der Waals surface area contributed by atoms with E-state index in [0.717, 1.165) is 12.1 Å². The van der Waals surface area contributed by atoms with Crippen LogP contribution in [0.4, 0.5) is 20.7 Å². The Morgan fingerprint density at radius 2 is 1.77 bits per heavy atom. The molecule has 0 saturated carbocycles. The summed E-state index contributed by atoms with van der Waals surface area (Å²) in [5, 5.41) is 2.68. The Morgan fingerprint density at radius 3 is 2.44 bits per heavy atom. The van der Waals surface area contributed by atoms with Crippen molar-refractivity contribution in [2.24, 2.45) is 0 Å². The Labute approximate surface area is 249 Å². The second kappa shape index (κ2) is 12.3. The van der Waals surface area contributed by atoms with Crippen LogP contribution in [0.25, 0.3) is 11.4 Å². The number of carbonyl (C=O) groups is 1. The van der Waals surface area contributed by atoms with Crippen molar-refractivity contribution in [3.63, 3.8) is 0 Å². The SMILES string of the molecule is C=C[C@H]1COCCN1c1cc(C(C)(C)S(=O)(=O)c2ccc(F)cc2)nc(-c2ccc(NC(=O)Oc3ccccc3)cc2)n1. The number of morpholine rings is 1. The molecule has 1 fully saturated rings. The molecule has 2 heterocycles. The molecule has 11 heteroatoms. The van der Waals surface area contributed by atoms with Crippen molar-refractivity contribution < 1.29 is 27.1 Å². The van der Waals surface area contributed by atoms with Gasteiger partial charge in [0.05, 0.1) is 29.8 Å². The fraction of sp³-hybridized carbons (Fsp3) is 0.219. The minimum atomic E-state index is -4.00. The van der Waals surface area contributed by atoms with Gasteiger partial charge in [0.15, 0.2) is 15.7 Å². The van der Waals surface area contributed by atoms with E-state index < -0.39 is 26.5 Å². The van der Waals surface area contributed by atoms with Crippen LogP contribution in [-0.2, 0) is 19.3 Å². The van der Waals surface area contributed by atoms with Crippen LogP contribution in [0.15, 0.2) is 102 Å². The van der Waals surface area contributed by atoms with Gasteiger partial charge in [0.2, 0.25) is 0 Å². The van der Waals surface area contributed by atoms with Gasteiger partial charge in [-0.25, -0.2) is 27.6 Å². The molecule has 4 aromatic rings. The molecule has 1 saturated heterocycles. The lowest BCUT2D eigenvalue weighted by Crippen LogP contribution is -2.45. The summed E-state index contributed by atoms with van der Waals surface area (Å²) in [5.41, 5.74) is 1.35. The van der Waals surface area contributed by atoms with Gasteiger partial charge in [0.1, 0.15) is 22.1 Å². The Bertz CT molecular complexity index is 1710. The molecule has 1 aliphatic rings. The third kappa shape index (κ3) is 6.42. The number of nitrogens with one attached hydrogen (secondary N) is 1. The number of rotatable bonds is 8. The van der Waals surface area contributed by atoms with E-state index in [9.17, 15) is 17.6 Å². The van der Waals surface area contributed by atoms with Gasteiger partial charge in [-0.1, -0.05) is 24.3 Å². The number of amides is 1.